The second-order valence-corrected chi connectivity index (χ2v) is 6.24. The van der Waals surface area contributed by atoms with E-state index >= 15 is 0 Å². The number of nitrogens with zero attached hydrogens (tertiary/aromatic N) is 1. The molecule has 1 aliphatic rings. The fourth-order valence-electron chi connectivity index (χ4n) is 3.00. The van der Waals surface area contributed by atoms with Crippen LogP contribution in [0, 0.1) is 13.8 Å². The van der Waals surface area contributed by atoms with Crippen molar-refractivity contribution in [3.05, 3.63) is 29.3 Å². The molecule has 1 saturated heterocycles. The maximum atomic E-state index is 12.6. The lowest BCUT2D eigenvalue weighted by Gasteiger charge is -2.36. The van der Waals surface area contributed by atoms with E-state index in [1.165, 1.54) is 11.1 Å². The number of benzene rings is 1. The molecule has 2 rings (SSSR count). The standard InChI is InChI=1S/C17H26N2O2/c1-11-6-12(2)8-16(7-11)18-15(5)17(20)19-9-13(3)21-14(4)10-19/h6-8,13-15,18H,9-10H2,1-5H3/t13-,14-,15+/m0/s1. The van der Waals surface area contributed by atoms with E-state index < -0.39 is 0 Å². The van der Waals surface area contributed by atoms with Gasteiger partial charge in [0.1, 0.15) is 6.04 Å². The van der Waals surface area contributed by atoms with Crippen LogP contribution < -0.4 is 5.32 Å². The lowest BCUT2D eigenvalue weighted by atomic mass is 10.1. The van der Waals surface area contributed by atoms with Crippen LogP contribution in [-0.2, 0) is 9.53 Å². The molecular formula is C17H26N2O2. The first-order chi connectivity index (χ1) is 9.85. The van der Waals surface area contributed by atoms with Crippen LogP contribution in [0.4, 0.5) is 5.69 Å². The number of carbonyl (C=O) groups excluding carboxylic acids is 1. The Morgan fingerprint density at radius 1 is 1.19 bits per heavy atom. The average molecular weight is 290 g/mol. The van der Waals surface area contributed by atoms with Crippen LogP contribution in [-0.4, -0.2) is 42.1 Å². The minimum Gasteiger partial charge on any atom is -0.374 e. The van der Waals surface area contributed by atoms with E-state index in [0.717, 1.165) is 5.69 Å². The van der Waals surface area contributed by atoms with Crippen molar-refractivity contribution in [3.8, 4) is 0 Å². The van der Waals surface area contributed by atoms with Gasteiger partial charge < -0.3 is 15.0 Å². The van der Waals surface area contributed by atoms with Crippen molar-refractivity contribution in [1.29, 1.82) is 0 Å². The zero-order chi connectivity index (χ0) is 15.6. The van der Waals surface area contributed by atoms with Crippen molar-refractivity contribution in [2.75, 3.05) is 18.4 Å². The fraction of sp³-hybridized carbons (Fsp3) is 0.588. The van der Waals surface area contributed by atoms with Crippen molar-refractivity contribution < 1.29 is 9.53 Å². The van der Waals surface area contributed by atoms with Crippen LogP contribution in [0.5, 0.6) is 0 Å². The lowest BCUT2D eigenvalue weighted by Crippen LogP contribution is -2.52. The van der Waals surface area contributed by atoms with Gasteiger partial charge in [-0.05, 0) is 57.9 Å². The highest BCUT2D eigenvalue weighted by Gasteiger charge is 2.28. The predicted molar refractivity (Wildman–Crippen MR) is 85.6 cm³/mol. The molecule has 0 radical (unpaired) electrons. The van der Waals surface area contributed by atoms with Crippen molar-refractivity contribution in [2.45, 2.75) is 52.9 Å². The SMILES string of the molecule is Cc1cc(C)cc(N[C@H](C)C(=O)N2C[C@H](C)O[C@@H](C)C2)c1. The summed E-state index contributed by atoms with van der Waals surface area (Å²) in [5.41, 5.74) is 3.40. The highest BCUT2D eigenvalue weighted by atomic mass is 16.5. The van der Waals surface area contributed by atoms with Crippen molar-refractivity contribution in [3.63, 3.8) is 0 Å². The van der Waals surface area contributed by atoms with Crippen LogP contribution in [0.3, 0.4) is 0 Å². The molecule has 1 fully saturated rings. The second kappa shape index (κ2) is 6.48. The minimum atomic E-state index is -0.233. The number of nitrogens with one attached hydrogen (secondary N) is 1. The molecule has 21 heavy (non-hydrogen) atoms. The Hall–Kier alpha value is -1.55. The summed E-state index contributed by atoms with van der Waals surface area (Å²) < 4.78 is 5.68. The average Bonchev–Trinajstić information content (AvgIpc) is 2.35. The van der Waals surface area contributed by atoms with Gasteiger partial charge in [0.25, 0.3) is 0 Å². The summed E-state index contributed by atoms with van der Waals surface area (Å²) in [5, 5.41) is 3.32. The molecule has 0 aliphatic carbocycles. The molecule has 3 atom stereocenters. The Bertz CT molecular complexity index is 485. The van der Waals surface area contributed by atoms with E-state index in [4.69, 9.17) is 4.74 Å². The number of carbonyl (C=O) groups is 1. The Balaban J connectivity index is 2.02. The Kier molecular flexibility index (Phi) is 4.88. The van der Waals surface area contributed by atoms with E-state index in [9.17, 15) is 4.79 Å². The Morgan fingerprint density at radius 3 is 2.24 bits per heavy atom. The van der Waals surface area contributed by atoms with Gasteiger partial charge in [0.05, 0.1) is 12.2 Å². The molecule has 1 aliphatic heterocycles. The lowest BCUT2D eigenvalue weighted by molar-refractivity contribution is -0.143. The molecule has 116 valence electrons. The summed E-state index contributed by atoms with van der Waals surface area (Å²) in [5.74, 6) is 0.135. The van der Waals surface area contributed by atoms with Gasteiger partial charge in [0.15, 0.2) is 0 Å². The third-order valence-electron chi connectivity index (χ3n) is 3.71. The van der Waals surface area contributed by atoms with Crippen LogP contribution in [0.25, 0.3) is 0 Å². The van der Waals surface area contributed by atoms with E-state index in [1.807, 2.05) is 25.7 Å². The molecule has 1 heterocycles. The molecule has 0 bridgehead atoms. The number of aryl methyl sites for hydroxylation is 2. The maximum absolute atomic E-state index is 12.6. The zero-order valence-electron chi connectivity index (χ0n) is 13.6. The van der Waals surface area contributed by atoms with Gasteiger partial charge in [-0.25, -0.2) is 0 Å². The van der Waals surface area contributed by atoms with Crippen LogP contribution in [0.15, 0.2) is 18.2 Å². The smallest absolute Gasteiger partial charge is 0.244 e. The zero-order valence-corrected chi connectivity index (χ0v) is 13.6. The number of anilines is 1. The van der Waals surface area contributed by atoms with Crippen LogP contribution in [0.2, 0.25) is 0 Å². The number of rotatable bonds is 3. The topological polar surface area (TPSA) is 41.6 Å². The largest absolute Gasteiger partial charge is 0.374 e. The van der Waals surface area contributed by atoms with Gasteiger partial charge in [-0.2, -0.15) is 0 Å². The number of amides is 1. The van der Waals surface area contributed by atoms with Crippen molar-refractivity contribution >= 4 is 11.6 Å². The monoisotopic (exact) mass is 290 g/mol. The number of ether oxygens (including phenoxy) is 1. The fourth-order valence-corrected chi connectivity index (χ4v) is 3.00. The van der Waals surface area contributed by atoms with Gasteiger partial charge >= 0.3 is 0 Å². The molecule has 1 N–H and O–H groups in total. The molecule has 0 unspecified atom stereocenters. The molecule has 0 spiro atoms. The number of hydrogen-bond acceptors (Lipinski definition) is 3. The summed E-state index contributed by atoms with van der Waals surface area (Å²) >= 11 is 0. The maximum Gasteiger partial charge on any atom is 0.244 e. The van der Waals surface area contributed by atoms with Crippen molar-refractivity contribution in [1.82, 2.24) is 4.90 Å². The first-order valence-electron chi connectivity index (χ1n) is 7.64. The van der Waals surface area contributed by atoms with E-state index in [0.29, 0.717) is 13.1 Å². The Morgan fingerprint density at radius 2 is 1.71 bits per heavy atom. The molecule has 1 aromatic carbocycles. The summed E-state index contributed by atoms with van der Waals surface area (Å²) in [6.45, 7) is 11.4. The summed E-state index contributed by atoms with van der Waals surface area (Å²) in [7, 11) is 0. The molecule has 1 amide bonds. The second-order valence-electron chi connectivity index (χ2n) is 6.24. The van der Waals surface area contributed by atoms with Crippen LogP contribution in [0.1, 0.15) is 31.9 Å². The summed E-state index contributed by atoms with van der Waals surface area (Å²) in [6.07, 6.45) is 0.206. The van der Waals surface area contributed by atoms with Gasteiger partial charge in [-0.15, -0.1) is 0 Å². The third-order valence-corrected chi connectivity index (χ3v) is 3.71. The van der Waals surface area contributed by atoms with E-state index in [-0.39, 0.29) is 24.2 Å². The summed E-state index contributed by atoms with van der Waals surface area (Å²) in [4.78, 5) is 14.5. The molecule has 4 nitrogen and oxygen atoms in total. The predicted octanol–water partition coefficient (Wildman–Crippen LogP) is 2.74. The quantitative estimate of drug-likeness (QED) is 0.930. The van der Waals surface area contributed by atoms with Gasteiger partial charge in [-0.3, -0.25) is 4.79 Å². The van der Waals surface area contributed by atoms with Gasteiger partial charge in [0.2, 0.25) is 5.91 Å². The number of hydrogen-bond donors (Lipinski definition) is 1. The first-order valence-corrected chi connectivity index (χ1v) is 7.64. The van der Waals surface area contributed by atoms with Gasteiger partial charge in [-0.1, -0.05) is 6.07 Å². The Labute approximate surface area is 127 Å². The minimum absolute atomic E-state index is 0.103. The third kappa shape index (κ3) is 4.21. The number of morpholine rings is 1. The molecule has 1 aromatic rings. The molecule has 0 aromatic heterocycles. The van der Waals surface area contributed by atoms with Crippen LogP contribution >= 0.6 is 0 Å². The van der Waals surface area contributed by atoms with E-state index in [1.54, 1.807) is 0 Å². The molecule has 4 heteroatoms. The van der Waals surface area contributed by atoms with Gasteiger partial charge in [0, 0.05) is 18.8 Å². The highest BCUT2D eigenvalue weighted by molar-refractivity contribution is 5.84. The molecule has 0 saturated carbocycles. The first kappa shape index (κ1) is 15.8. The molecular weight excluding hydrogens is 264 g/mol. The highest BCUT2D eigenvalue weighted by Crippen LogP contribution is 2.17. The normalized spacial score (nSPS) is 23.8. The van der Waals surface area contributed by atoms with E-state index in [2.05, 4.69) is 37.4 Å². The van der Waals surface area contributed by atoms with Crippen molar-refractivity contribution in [2.24, 2.45) is 0 Å². The summed E-state index contributed by atoms with van der Waals surface area (Å²) in [6, 6.07) is 6.04.